The van der Waals surface area contributed by atoms with Crippen LogP contribution < -0.4 is 5.32 Å². The zero-order chi connectivity index (χ0) is 16.6. The number of aromatic nitrogens is 1. The van der Waals surface area contributed by atoms with E-state index in [1.165, 1.54) is 10.9 Å². The molecular weight excluding hydrogens is 308 g/mol. The van der Waals surface area contributed by atoms with Gasteiger partial charge in [0.15, 0.2) is 0 Å². The summed E-state index contributed by atoms with van der Waals surface area (Å²) >= 11 is 0. The van der Waals surface area contributed by atoms with E-state index in [9.17, 15) is 0 Å². The van der Waals surface area contributed by atoms with E-state index in [-0.39, 0.29) is 0 Å². The number of hydrogen-bond acceptors (Lipinski definition) is 3. The second-order valence-electron chi connectivity index (χ2n) is 6.15. The van der Waals surface area contributed by atoms with Crippen LogP contribution in [0.25, 0.3) is 32.8 Å². The highest BCUT2D eigenvalue weighted by Gasteiger charge is 2.07. The molecule has 0 aliphatic heterocycles. The van der Waals surface area contributed by atoms with Crippen molar-refractivity contribution in [1.82, 2.24) is 4.98 Å². The smallest absolute Gasteiger partial charge is 0.135 e. The zero-order valence-corrected chi connectivity index (χ0v) is 13.6. The van der Waals surface area contributed by atoms with E-state index in [2.05, 4.69) is 46.7 Å². The number of nitrogens with one attached hydrogen (secondary N) is 1. The van der Waals surface area contributed by atoms with Crippen LogP contribution in [0, 0.1) is 0 Å². The van der Waals surface area contributed by atoms with Gasteiger partial charge in [-0.05, 0) is 42.0 Å². The van der Waals surface area contributed by atoms with Crippen molar-refractivity contribution in [3.05, 3.63) is 84.6 Å². The summed E-state index contributed by atoms with van der Waals surface area (Å²) < 4.78 is 5.89. The molecule has 0 bridgehead atoms. The van der Waals surface area contributed by atoms with Crippen LogP contribution in [0.2, 0.25) is 0 Å². The van der Waals surface area contributed by atoms with E-state index >= 15 is 0 Å². The van der Waals surface area contributed by atoms with Gasteiger partial charge in [-0.1, -0.05) is 36.4 Å². The molecule has 2 aromatic heterocycles. The van der Waals surface area contributed by atoms with Gasteiger partial charge in [0.05, 0.1) is 5.52 Å². The number of benzene rings is 3. The van der Waals surface area contributed by atoms with Gasteiger partial charge >= 0.3 is 0 Å². The molecule has 0 aliphatic rings. The molecule has 0 atom stereocenters. The van der Waals surface area contributed by atoms with Crippen molar-refractivity contribution in [3.63, 3.8) is 0 Å². The van der Waals surface area contributed by atoms with Crippen LogP contribution in [0.1, 0.15) is 5.56 Å². The Kier molecular flexibility index (Phi) is 3.17. The number of pyridine rings is 1. The molecule has 0 aliphatic carbocycles. The van der Waals surface area contributed by atoms with Crippen molar-refractivity contribution in [3.8, 4) is 0 Å². The lowest BCUT2D eigenvalue weighted by Crippen LogP contribution is -2.00. The summed E-state index contributed by atoms with van der Waals surface area (Å²) in [6, 6.07) is 24.7. The summed E-state index contributed by atoms with van der Waals surface area (Å²) in [5.41, 5.74) is 5.19. The second kappa shape index (κ2) is 5.64. The van der Waals surface area contributed by atoms with Crippen LogP contribution in [0.3, 0.4) is 0 Å². The van der Waals surface area contributed by atoms with Crippen molar-refractivity contribution < 1.29 is 4.42 Å². The van der Waals surface area contributed by atoms with E-state index in [0.29, 0.717) is 0 Å². The molecule has 25 heavy (non-hydrogen) atoms. The van der Waals surface area contributed by atoms with Gasteiger partial charge in [-0.15, -0.1) is 0 Å². The molecule has 0 spiro atoms. The van der Waals surface area contributed by atoms with Crippen molar-refractivity contribution in [1.29, 1.82) is 0 Å². The molecule has 3 nitrogen and oxygen atoms in total. The van der Waals surface area contributed by atoms with Gasteiger partial charge in [-0.3, -0.25) is 4.98 Å². The first-order valence-corrected chi connectivity index (χ1v) is 8.36. The molecule has 2 heterocycles. The van der Waals surface area contributed by atoms with E-state index in [1.54, 1.807) is 0 Å². The van der Waals surface area contributed by atoms with Gasteiger partial charge in [-0.2, -0.15) is 0 Å². The fourth-order valence-electron chi connectivity index (χ4n) is 3.34. The molecule has 0 saturated carbocycles. The standard InChI is InChI=1S/C22H16N2O/c1-3-7-20-17(5-1)15(11-12-23-20)14-24-16-9-10-22-19(13-16)18-6-2-4-8-21(18)25-22/h1-13,24H,14H2. The second-order valence-corrected chi connectivity index (χ2v) is 6.15. The van der Waals surface area contributed by atoms with Gasteiger partial charge in [0.1, 0.15) is 11.2 Å². The van der Waals surface area contributed by atoms with Crippen molar-refractivity contribution >= 4 is 38.5 Å². The normalized spacial score (nSPS) is 11.4. The molecule has 0 amide bonds. The number of hydrogen-bond donors (Lipinski definition) is 1. The van der Waals surface area contributed by atoms with E-state index in [0.717, 1.165) is 39.7 Å². The molecule has 5 rings (SSSR count). The highest BCUT2D eigenvalue weighted by Crippen LogP contribution is 2.30. The lowest BCUT2D eigenvalue weighted by molar-refractivity contribution is 0.669. The molecular formula is C22H16N2O. The van der Waals surface area contributed by atoms with Crippen molar-refractivity contribution in [2.24, 2.45) is 0 Å². The van der Waals surface area contributed by atoms with Crippen LogP contribution in [0.15, 0.2) is 83.4 Å². The fourth-order valence-corrected chi connectivity index (χ4v) is 3.34. The summed E-state index contributed by atoms with van der Waals surface area (Å²) in [6.45, 7) is 0.754. The monoisotopic (exact) mass is 324 g/mol. The van der Waals surface area contributed by atoms with Crippen LogP contribution in [0.4, 0.5) is 5.69 Å². The Morgan fingerprint density at radius 2 is 1.56 bits per heavy atom. The quantitative estimate of drug-likeness (QED) is 0.459. The Balaban J connectivity index is 1.50. The Morgan fingerprint density at radius 1 is 0.760 bits per heavy atom. The number of furan rings is 1. The molecule has 3 heteroatoms. The summed E-state index contributed by atoms with van der Waals surface area (Å²) in [7, 11) is 0. The Hall–Kier alpha value is -3.33. The first-order valence-electron chi connectivity index (χ1n) is 8.36. The lowest BCUT2D eigenvalue weighted by Gasteiger charge is -2.09. The maximum Gasteiger partial charge on any atom is 0.135 e. The molecule has 5 aromatic rings. The first-order chi connectivity index (χ1) is 12.4. The zero-order valence-electron chi connectivity index (χ0n) is 13.6. The van der Waals surface area contributed by atoms with Crippen LogP contribution in [0.5, 0.6) is 0 Å². The minimum absolute atomic E-state index is 0.754. The Labute approximate surface area is 144 Å². The van der Waals surface area contributed by atoms with Crippen LogP contribution >= 0.6 is 0 Å². The SMILES string of the molecule is c1ccc2c(CNc3ccc4oc5ccccc5c4c3)ccnc2c1. The van der Waals surface area contributed by atoms with Crippen molar-refractivity contribution in [2.45, 2.75) is 6.54 Å². The fraction of sp³-hybridized carbons (Fsp3) is 0.0455. The van der Waals surface area contributed by atoms with Gasteiger partial charge < -0.3 is 9.73 Å². The first kappa shape index (κ1) is 14.1. The molecule has 1 N–H and O–H groups in total. The average molecular weight is 324 g/mol. The highest BCUT2D eigenvalue weighted by atomic mass is 16.3. The Bertz CT molecular complexity index is 1200. The third-order valence-corrected chi connectivity index (χ3v) is 4.60. The number of fused-ring (bicyclic) bond motifs is 4. The molecule has 0 unspecified atom stereocenters. The molecule has 0 radical (unpaired) electrons. The molecule has 3 aromatic carbocycles. The number of rotatable bonds is 3. The van der Waals surface area contributed by atoms with Gasteiger partial charge in [0.2, 0.25) is 0 Å². The number of anilines is 1. The van der Waals surface area contributed by atoms with Gasteiger partial charge in [0, 0.05) is 34.6 Å². The minimum atomic E-state index is 0.754. The number of nitrogens with zero attached hydrogens (tertiary/aromatic N) is 1. The third kappa shape index (κ3) is 2.41. The molecule has 120 valence electrons. The van der Waals surface area contributed by atoms with E-state index in [1.807, 2.05) is 42.6 Å². The maximum absolute atomic E-state index is 5.89. The largest absolute Gasteiger partial charge is 0.456 e. The summed E-state index contributed by atoms with van der Waals surface area (Å²) in [5, 5.41) is 7.01. The summed E-state index contributed by atoms with van der Waals surface area (Å²) in [6.07, 6.45) is 1.87. The summed E-state index contributed by atoms with van der Waals surface area (Å²) in [4.78, 5) is 4.42. The third-order valence-electron chi connectivity index (χ3n) is 4.60. The molecule has 0 saturated heterocycles. The minimum Gasteiger partial charge on any atom is -0.456 e. The number of para-hydroxylation sites is 2. The predicted molar refractivity (Wildman–Crippen MR) is 103 cm³/mol. The van der Waals surface area contributed by atoms with Crippen molar-refractivity contribution in [2.75, 3.05) is 5.32 Å². The maximum atomic E-state index is 5.89. The Morgan fingerprint density at radius 3 is 2.52 bits per heavy atom. The van der Waals surface area contributed by atoms with Crippen LogP contribution in [-0.4, -0.2) is 4.98 Å². The summed E-state index contributed by atoms with van der Waals surface area (Å²) in [5.74, 6) is 0. The van der Waals surface area contributed by atoms with E-state index < -0.39 is 0 Å². The lowest BCUT2D eigenvalue weighted by atomic mass is 10.1. The molecule has 0 fully saturated rings. The van der Waals surface area contributed by atoms with E-state index in [4.69, 9.17) is 4.42 Å². The topological polar surface area (TPSA) is 38.1 Å². The predicted octanol–water partition coefficient (Wildman–Crippen LogP) is 5.75. The average Bonchev–Trinajstić information content (AvgIpc) is 3.04. The van der Waals surface area contributed by atoms with Gasteiger partial charge in [-0.25, -0.2) is 0 Å². The highest BCUT2D eigenvalue weighted by molar-refractivity contribution is 6.05. The van der Waals surface area contributed by atoms with Gasteiger partial charge in [0.25, 0.3) is 0 Å². The van der Waals surface area contributed by atoms with Crippen LogP contribution in [-0.2, 0) is 6.54 Å².